The summed E-state index contributed by atoms with van der Waals surface area (Å²) in [5.41, 5.74) is 0.922. The molecule has 1 N–H and O–H groups in total. The third-order valence-electron chi connectivity index (χ3n) is 2.93. The van der Waals surface area contributed by atoms with Crippen molar-refractivity contribution >= 4 is 28.6 Å². The molecular formula is C16H15IO4. The summed E-state index contributed by atoms with van der Waals surface area (Å²) in [6, 6.07) is 14.6. The minimum atomic E-state index is -0.989. The largest absolute Gasteiger partial charge is 0.497 e. The molecular weight excluding hydrogens is 383 g/mol. The van der Waals surface area contributed by atoms with E-state index in [0.29, 0.717) is 17.9 Å². The summed E-state index contributed by atoms with van der Waals surface area (Å²) < 4.78 is 11.8. The average molecular weight is 398 g/mol. The second-order valence-corrected chi connectivity index (χ2v) is 5.70. The maximum atomic E-state index is 11.4. The van der Waals surface area contributed by atoms with Gasteiger partial charge in [0.25, 0.3) is 0 Å². The summed E-state index contributed by atoms with van der Waals surface area (Å²) in [5, 5.41) is 9.32. The molecule has 21 heavy (non-hydrogen) atoms. The van der Waals surface area contributed by atoms with E-state index >= 15 is 0 Å². The summed E-state index contributed by atoms with van der Waals surface area (Å²) in [5.74, 6) is 0.120. The normalized spacial score (nSPS) is 11.7. The van der Waals surface area contributed by atoms with Crippen LogP contribution in [0.25, 0.3) is 0 Å². The van der Waals surface area contributed by atoms with Crippen LogP contribution in [-0.4, -0.2) is 24.3 Å². The number of ether oxygens (including phenoxy) is 2. The van der Waals surface area contributed by atoms with Crippen molar-refractivity contribution < 1.29 is 19.4 Å². The first-order valence-corrected chi connectivity index (χ1v) is 7.44. The number of benzene rings is 2. The molecule has 0 amide bonds. The molecule has 4 nitrogen and oxygen atoms in total. The van der Waals surface area contributed by atoms with Gasteiger partial charge in [-0.3, -0.25) is 0 Å². The van der Waals surface area contributed by atoms with Crippen LogP contribution < -0.4 is 9.47 Å². The topological polar surface area (TPSA) is 55.8 Å². The number of carbonyl (C=O) groups is 1. The standard InChI is InChI=1S/C16H15IO4/c1-20-13-3-2-4-14(10-13)21-15(16(18)19)9-11-5-7-12(17)8-6-11/h2-8,10,15H,9H2,1H3,(H,18,19). The Morgan fingerprint density at radius 3 is 2.48 bits per heavy atom. The molecule has 0 aliphatic rings. The van der Waals surface area contributed by atoms with Crippen LogP contribution in [0, 0.1) is 3.57 Å². The maximum absolute atomic E-state index is 11.4. The van der Waals surface area contributed by atoms with Gasteiger partial charge in [0.1, 0.15) is 11.5 Å². The predicted molar refractivity (Wildman–Crippen MR) is 87.9 cm³/mol. The molecule has 0 saturated heterocycles. The van der Waals surface area contributed by atoms with Crippen molar-refractivity contribution in [1.29, 1.82) is 0 Å². The lowest BCUT2D eigenvalue weighted by atomic mass is 10.1. The number of methoxy groups -OCH3 is 1. The van der Waals surface area contributed by atoms with Gasteiger partial charge in [0, 0.05) is 16.1 Å². The first-order valence-electron chi connectivity index (χ1n) is 6.36. The summed E-state index contributed by atoms with van der Waals surface area (Å²) in [6.07, 6.45) is -0.624. The number of halogens is 1. The van der Waals surface area contributed by atoms with Crippen molar-refractivity contribution in [3.05, 3.63) is 57.7 Å². The zero-order chi connectivity index (χ0) is 15.2. The van der Waals surface area contributed by atoms with E-state index in [1.807, 2.05) is 24.3 Å². The third-order valence-corrected chi connectivity index (χ3v) is 3.65. The van der Waals surface area contributed by atoms with Gasteiger partial charge in [0.15, 0.2) is 6.10 Å². The molecule has 1 atom stereocenters. The highest BCUT2D eigenvalue weighted by molar-refractivity contribution is 14.1. The molecule has 0 saturated carbocycles. The van der Waals surface area contributed by atoms with Crippen molar-refractivity contribution in [3.8, 4) is 11.5 Å². The predicted octanol–water partition coefficient (Wildman–Crippen LogP) is 3.37. The van der Waals surface area contributed by atoms with Crippen LogP contribution >= 0.6 is 22.6 Å². The molecule has 2 aromatic rings. The van der Waals surface area contributed by atoms with E-state index in [-0.39, 0.29) is 0 Å². The Hall–Kier alpha value is -1.76. The molecule has 0 aliphatic carbocycles. The minimum absolute atomic E-state index is 0.309. The molecule has 0 fully saturated rings. The number of carboxylic acid groups (broad SMARTS) is 1. The number of rotatable bonds is 6. The van der Waals surface area contributed by atoms with Crippen molar-refractivity contribution in [1.82, 2.24) is 0 Å². The number of hydrogen-bond donors (Lipinski definition) is 1. The molecule has 0 heterocycles. The van der Waals surface area contributed by atoms with Crippen molar-refractivity contribution in [2.75, 3.05) is 7.11 Å². The number of aliphatic carboxylic acids is 1. The Balaban J connectivity index is 2.11. The van der Waals surface area contributed by atoms with Crippen molar-refractivity contribution in [2.45, 2.75) is 12.5 Å². The number of carboxylic acids is 1. The summed E-state index contributed by atoms with van der Waals surface area (Å²) >= 11 is 2.21. The highest BCUT2D eigenvalue weighted by atomic mass is 127. The van der Waals surface area contributed by atoms with Crippen LogP contribution in [0.4, 0.5) is 0 Å². The van der Waals surface area contributed by atoms with Gasteiger partial charge in [-0.25, -0.2) is 4.79 Å². The Morgan fingerprint density at radius 1 is 1.19 bits per heavy atom. The van der Waals surface area contributed by atoms with Gasteiger partial charge in [0.05, 0.1) is 7.11 Å². The van der Waals surface area contributed by atoms with Crippen molar-refractivity contribution in [3.63, 3.8) is 0 Å². The lowest BCUT2D eigenvalue weighted by Gasteiger charge is -2.15. The van der Waals surface area contributed by atoms with Crippen LogP contribution in [0.1, 0.15) is 5.56 Å². The fourth-order valence-corrected chi connectivity index (χ4v) is 2.21. The summed E-state index contributed by atoms with van der Waals surface area (Å²) in [7, 11) is 1.55. The van der Waals surface area contributed by atoms with Crippen LogP contribution in [0.5, 0.6) is 11.5 Å². The van der Waals surface area contributed by atoms with E-state index in [1.54, 1.807) is 31.4 Å². The van der Waals surface area contributed by atoms with Crippen LogP contribution in [0.3, 0.4) is 0 Å². The first-order chi connectivity index (χ1) is 10.1. The monoisotopic (exact) mass is 398 g/mol. The Labute approximate surface area is 136 Å². The minimum Gasteiger partial charge on any atom is -0.497 e. The highest BCUT2D eigenvalue weighted by Crippen LogP contribution is 2.21. The number of hydrogen-bond acceptors (Lipinski definition) is 3. The first kappa shape index (κ1) is 15.6. The lowest BCUT2D eigenvalue weighted by Crippen LogP contribution is -2.29. The summed E-state index contributed by atoms with van der Waals surface area (Å²) in [6.45, 7) is 0. The molecule has 0 bridgehead atoms. The molecule has 5 heteroatoms. The van der Waals surface area contributed by atoms with E-state index in [0.717, 1.165) is 9.13 Å². The van der Waals surface area contributed by atoms with E-state index in [2.05, 4.69) is 22.6 Å². The van der Waals surface area contributed by atoms with E-state index < -0.39 is 12.1 Å². The summed E-state index contributed by atoms with van der Waals surface area (Å²) in [4.78, 5) is 11.4. The zero-order valence-electron chi connectivity index (χ0n) is 11.5. The molecule has 0 radical (unpaired) electrons. The van der Waals surface area contributed by atoms with Crippen LogP contribution in [0.15, 0.2) is 48.5 Å². The second kappa shape index (κ2) is 7.31. The molecule has 0 aromatic heterocycles. The van der Waals surface area contributed by atoms with Gasteiger partial charge in [-0.05, 0) is 52.4 Å². The van der Waals surface area contributed by atoms with Gasteiger partial charge >= 0.3 is 5.97 Å². The average Bonchev–Trinajstić information content (AvgIpc) is 2.49. The molecule has 2 aromatic carbocycles. The Morgan fingerprint density at radius 2 is 1.86 bits per heavy atom. The Bertz CT molecular complexity index is 610. The molecule has 1 unspecified atom stereocenters. The fraction of sp³-hybridized carbons (Fsp3) is 0.188. The third kappa shape index (κ3) is 4.63. The smallest absolute Gasteiger partial charge is 0.345 e. The highest BCUT2D eigenvalue weighted by Gasteiger charge is 2.20. The van der Waals surface area contributed by atoms with Crippen LogP contribution in [0.2, 0.25) is 0 Å². The Kier molecular flexibility index (Phi) is 5.44. The van der Waals surface area contributed by atoms with Gasteiger partial charge in [-0.15, -0.1) is 0 Å². The zero-order valence-corrected chi connectivity index (χ0v) is 13.6. The van der Waals surface area contributed by atoms with Crippen molar-refractivity contribution in [2.24, 2.45) is 0 Å². The van der Waals surface area contributed by atoms with Gasteiger partial charge in [-0.2, -0.15) is 0 Å². The van der Waals surface area contributed by atoms with E-state index in [9.17, 15) is 9.90 Å². The lowest BCUT2D eigenvalue weighted by molar-refractivity contribution is -0.145. The SMILES string of the molecule is COc1cccc(OC(Cc2ccc(I)cc2)C(=O)O)c1. The van der Waals surface area contributed by atoms with E-state index in [4.69, 9.17) is 9.47 Å². The van der Waals surface area contributed by atoms with Gasteiger partial charge in [0.2, 0.25) is 0 Å². The molecule has 110 valence electrons. The maximum Gasteiger partial charge on any atom is 0.345 e. The molecule has 0 spiro atoms. The van der Waals surface area contributed by atoms with Gasteiger partial charge in [-0.1, -0.05) is 18.2 Å². The van der Waals surface area contributed by atoms with E-state index in [1.165, 1.54) is 0 Å². The fourth-order valence-electron chi connectivity index (χ4n) is 1.85. The molecule has 2 rings (SSSR count). The quantitative estimate of drug-likeness (QED) is 0.759. The van der Waals surface area contributed by atoms with Crippen LogP contribution in [-0.2, 0) is 11.2 Å². The second-order valence-electron chi connectivity index (χ2n) is 4.45. The van der Waals surface area contributed by atoms with Gasteiger partial charge < -0.3 is 14.6 Å². The molecule has 0 aliphatic heterocycles.